The van der Waals surface area contributed by atoms with Gasteiger partial charge in [0.2, 0.25) is 0 Å². The van der Waals surface area contributed by atoms with Crippen molar-refractivity contribution in [1.29, 1.82) is 0 Å². The van der Waals surface area contributed by atoms with E-state index in [1.807, 2.05) is 6.20 Å². The molecule has 3 aromatic rings. The largest absolute Gasteiger partial charge is 0.490 e. The highest BCUT2D eigenvalue weighted by atomic mass is 32.1. The van der Waals surface area contributed by atoms with Crippen molar-refractivity contribution >= 4 is 17.3 Å². The van der Waals surface area contributed by atoms with E-state index in [9.17, 15) is 13.2 Å². The third-order valence-electron chi connectivity index (χ3n) is 5.86. The van der Waals surface area contributed by atoms with Crippen LogP contribution in [0.5, 0.6) is 0 Å². The van der Waals surface area contributed by atoms with E-state index in [4.69, 9.17) is 14.6 Å². The van der Waals surface area contributed by atoms with Gasteiger partial charge in [-0.3, -0.25) is 4.90 Å². The number of aryl methyl sites for hydroxylation is 1. The first-order valence-corrected chi connectivity index (χ1v) is 11.4. The highest BCUT2D eigenvalue weighted by Crippen LogP contribution is 2.35. The third kappa shape index (κ3) is 5.45. The lowest BCUT2D eigenvalue weighted by Crippen LogP contribution is -2.44. The summed E-state index contributed by atoms with van der Waals surface area (Å²) in [4.78, 5) is 16.0. The van der Waals surface area contributed by atoms with E-state index in [1.165, 1.54) is 22.4 Å². The van der Waals surface area contributed by atoms with Crippen LogP contribution in [0.4, 0.5) is 13.2 Å². The predicted molar refractivity (Wildman–Crippen MR) is 118 cm³/mol. The maximum absolute atomic E-state index is 10.6. The quantitative estimate of drug-likeness (QED) is 0.589. The molecule has 6 nitrogen and oxygen atoms in total. The van der Waals surface area contributed by atoms with Crippen molar-refractivity contribution in [2.75, 3.05) is 13.1 Å². The number of halogens is 3. The third-order valence-corrected chi connectivity index (χ3v) is 6.60. The van der Waals surface area contributed by atoms with Crippen LogP contribution in [0.15, 0.2) is 47.3 Å². The molecule has 5 rings (SSSR count). The van der Waals surface area contributed by atoms with E-state index in [2.05, 4.69) is 62.5 Å². The van der Waals surface area contributed by atoms with E-state index in [0.717, 1.165) is 38.4 Å². The standard InChI is InChI=1S/C21H23N3OS.C2HF3O2/c1-16-2-4-18(5-3-16)19-10-22-20-12-25-21(15-24(19)20)7-8-23(14-21)11-17-6-9-26-13-17;3-2(4,5)1(6)7/h2-6,9-10,13H,7-8,11-12,14-15H2,1H3;(H,6,7). The maximum atomic E-state index is 10.6. The lowest BCUT2D eigenvalue weighted by atomic mass is 10.0. The van der Waals surface area contributed by atoms with Gasteiger partial charge < -0.3 is 14.4 Å². The first-order valence-electron chi connectivity index (χ1n) is 10.4. The monoisotopic (exact) mass is 479 g/mol. The molecule has 4 heterocycles. The van der Waals surface area contributed by atoms with Gasteiger partial charge in [0, 0.05) is 19.6 Å². The molecule has 0 bridgehead atoms. The van der Waals surface area contributed by atoms with Gasteiger partial charge in [0.15, 0.2) is 0 Å². The minimum absolute atomic E-state index is 0.0802. The van der Waals surface area contributed by atoms with Crippen molar-refractivity contribution in [3.8, 4) is 11.3 Å². The van der Waals surface area contributed by atoms with Crippen molar-refractivity contribution in [2.45, 2.75) is 44.8 Å². The number of likely N-dealkylation sites (tertiary alicyclic amines) is 1. The summed E-state index contributed by atoms with van der Waals surface area (Å²) in [6.45, 7) is 6.74. The number of thiophene rings is 1. The van der Waals surface area contributed by atoms with Crippen LogP contribution in [-0.2, 0) is 29.2 Å². The molecule has 0 aliphatic carbocycles. The highest BCUT2D eigenvalue weighted by molar-refractivity contribution is 7.07. The van der Waals surface area contributed by atoms with Crippen molar-refractivity contribution in [3.63, 3.8) is 0 Å². The molecule has 33 heavy (non-hydrogen) atoms. The topological polar surface area (TPSA) is 67.6 Å². The van der Waals surface area contributed by atoms with Gasteiger partial charge in [-0.25, -0.2) is 9.78 Å². The van der Waals surface area contributed by atoms with E-state index in [1.54, 1.807) is 11.3 Å². The Kier molecular flexibility index (Phi) is 6.60. The average Bonchev–Trinajstić information content (AvgIpc) is 3.50. The number of imidazole rings is 1. The Morgan fingerprint density at radius 1 is 1.24 bits per heavy atom. The Morgan fingerprint density at radius 2 is 1.97 bits per heavy atom. The lowest BCUT2D eigenvalue weighted by Gasteiger charge is -2.35. The minimum Gasteiger partial charge on any atom is -0.475 e. The number of carbonyl (C=O) groups is 1. The molecule has 2 aliphatic rings. The van der Waals surface area contributed by atoms with E-state index >= 15 is 0 Å². The number of carboxylic acid groups (broad SMARTS) is 1. The fourth-order valence-electron chi connectivity index (χ4n) is 4.16. The van der Waals surface area contributed by atoms with Gasteiger partial charge in [0.05, 0.1) is 18.4 Å². The zero-order valence-corrected chi connectivity index (χ0v) is 18.8. The number of hydrogen-bond acceptors (Lipinski definition) is 5. The molecule has 1 spiro atoms. The number of fused-ring (bicyclic) bond motifs is 1. The van der Waals surface area contributed by atoms with Crippen LogP contribution in [0.1, 0.15) is 23.4 Å². The SMILES string of the molecule is Cc1ccc(-c2cnc3n2CC2(CCN(Cc4ccsc4)C2)OC3)cc1.O=C(O)C(F)(F)F. The Balaban J connectivity index is 0.000000325. The fourth-order valence-corrected chi connectivity index (χ4v) is 4.82. The van der Waals surface area contributed by atoms with E-state index < -0.39 is 12.1 Å². The first kappa shape index (κ1) is 23.5. The van der Waals surface area contributed by atoms with Crippen molar-refractivity contribution in [2.24, 2.45) is 0 Å². The van der Waals surface area contributed by atoms with Gasteiger partial charge in [-0.1, -0.05) is 29.8 Å². The van der Waals surface area contributed by atoms with Crippen LogP contribution >= 0.6 is 11.3 Å². The lowest BCUT2D eigenvalue weighted by molar-refractivity contribution is -0.192. The smallest absolute Gasteiger partial charge is 0.475 e. The molecule has 2 aliphatic heterocycles. The molecule has 1 atom stereocenters. The summed E-state index contributed by atoms with van der Waals surface area (Å²) in [5.74, 6) is -1.71. The summed E-state index contributed by atoms with van der Waals surface area (Å²) in [7, 11) is 0. The van der Waals surface area contributed by atoms with Gasteiger partial charge in [0.1, 0.15) is 18.0 Å². The molecule has 0 saturated carbocycles. The molecule has 10 heteroatoms. The van der Waals surface area contributed by atoms with Crippen molar-refractivity contribution in [1.82, 2.24) is 14.5 Å². The van der Waals surface area contributed by atoms with E-state index in [-0.39, 0.29) is 5.60 Å². The van der Waals surface area contributed by atoms with Gasteiger partial charge in [0.25, 0.3) is 0 Å². The second kappa shape index (κ2) is 9.28. The minimum atomic E-state index is -5.08. The van der Waals surface area contributed by atoms with Crippen LogP contribution in [0.3, 0.4) is 0 Å². The molecular formula is C23H24F3N3O3S. The summed E-state index contributed by atoms with van der Waals surface area (Å²) in [6.07, 6.45) is -2.00. The molecule has 1 unspecified atom stereocenters. The van der Waals surface area contributed by atoms with Gasteiger partial charge in [-0.15, -0.1) is 0 Å². The average molecular weight is 480 g/mol. The molecule has 2 aromatic heterocycles. The molecule has 1 aromatic carbocycles. The summed E-state index contributed by atoms with van der Waals surface area (Å²) in [5.41, 5.74) is 5.06. The van der Waals surface area contributed by atoms with Crippen LogP contribution < -0.4 is 0 Å². The van der Waals surface area contributed by atoms with Crippen LogP contribution in [0, 0.1) is 6.92 Å². The molecule has 0 amide bonds. The number of carboxylic acids is 1. The number of aliphatic carboxylic acids is 1. The van der Waals surface area contributed by atoms with Crippen molar-refractivity contribution in [3.05, 3.63) is 64.2 Å². The number of ether oxygens (including phenoxy) is 1. The number of rotatable bonds is 3. The number of hydrogen-bond donors (Lipinski definition) is 1. The number of nitrogens with zero attached hydrogens (tertiary/aromatic N) is 3. The van der Waals surface area contributed by atoms with Gasteiger partial charge >= 0.3 is 12.1 Å². The molecule has 176 valence electrons. The Morgan fingerprint density at radius 3 is 2.61 bits per heavy atom. The molecule has 1 fully saturated rings. The Bertz CT molecular complexity index is 1100. The normalized spacial score (nSPS) is 20.4. The second-order valence-electron chi connectivity index (χ2n) is 8.38. The number of aromatic nitrogens is 2. The van der Waals surface area contributed by atoms with E-state index in [0.29, 0.717) is 6.61 Å². The van der Waals surface area contributed by atoms with Crippen LogP contribution in [0.25, 0.3) is 11.3 Å². The second-order valence-corrected chi connectivity index (χ2v) is 9.16. The maximum Gasteiger partial charge on any atom is 0.490 e. The Labute approximate surface area is 193 Å². The predicted octanol–water partition coefficient (Wildman–Crippen LogP) is 4.73. The van der Waals surface area contributed by atoms with Crippen molar-refractivity contribution < 1.29 is 27.8 Å². The summed E-state index contributed by atoms with van der Waals surface area (Å²) in [5, 5.41) is 11.5. The van der Waals surface area contributed by atoms with Gasteiger partial charge in [-0.2, -0.15) is 24.5 Å². The zero-order valence-electron chi connectivity index (χ0n) is 18.0. The summed E-state index contributed by atoms with van der Waals surface area (Å²) >= 11 is 1.77. The Hall–Kier alpha value is -2.69. The fraction of sp³-hybridized carbons (Fsp3) is 0.391. The molecule has 1 saturated heterocycles. The number of benzene rings is 1. The highest BCUT2D eigenvalue weighted by Gasteiger charge is 2.43. The first-order chi connectivity index (χ1) is 15.7. The van der Waals surface area contributed by atoms with Crippen LogP contribution in [0.2, 0.25) is 0 Å². The molecule has 0 radical (unpaired) electrons. The summed E-state index contributed by atoms with van der Waals surface area (Å²) in [6, 6.07) is 10.9. The molecular weight excluding hydrogens is 455 g/mol. The molecule has 1 N–H and O–H groups in total. The number of alkyl halides is 3. The van der Waals surface area contributed by atoms with Gasteiger partial charge in [-0.05, 0) is 41.3 Å². The van der Waals surface area contributed by atoms with Crippen LogP contribution in [-0.4, -0.2) is 50.4 Å². The summed E-state index contributed by atoms with van der Waals surface area (Å²) < 4.78 is 40.5. The zero-order chi connectivity index (χ0) is 23.6.